The molecule has 1 N–H and O–H groups in total. The van der Waals surface area contributed by atoms with Gasteiger partial charge in [-0.2, -0.15) is 12.6 Å². The summed E-state index contributed by atoms with van der Waals surface area (Å²) in [6.07, 6.45) is 4.17. The Morgan fingerprint density at radius 3 is 1.64 bits per heavy atom. The third kappa shape index (κ3) is 23.3. The van der Waals surface area contributed by atoms with Gasteiger partial charge in [-0.25, -0.2) is 4.79 Å². The summed E-state index contributed by atoms with van der Waals surface area (Å²) in [5, 5.41) is 3.17. The summed E-state index contributed by atoms with van der Waals surface area (Å²) in [5.41, 5.74) is 0. The van der Waals surface area contributed by atoms with E-state index in [9.17, 15) is 9.59 Å². The highest BCUT2D eigenvalue weighted by Crippen LogP contribution is 2.15. The first-order chi connectivity index (χ1) is 17.5. The second-order valence-electron chi connectivity index (χ2n) is 8.20. The lowest BCUT2D eigenvalue weighted by Crippen LogP contribution is -2.39. The van der Waals surface area contributed by atoms with Crippen LogP contribution in [0, 0.1) is 0 Å². The van der Waals surface area contributed by atoms with Crippen molar-refractivity contribution in [3.8, 4) is 0 Å². The first-order valence-corrected chi connectivity index (χ1v) is 13.8. The van der Waals surface area contributed by atoms with Crippen LogP contribution in [0.1, 0.15) is 54.3 Å². The number of likely N-dealkylation sites (tertiary alicyclic amines) is 1. The molecule has 0 bridgehead atoms. The lowest BCUT2D eigenvalue weighted by Gasteiger charge is -2.28. The van der Waals surface area contributed by atoms with Crippen molar-refractivity contribution in [3.63, 3.8) is 0 Å². The number of amides is 2. The summed E-state index contributed by atoms with van der Waals surface area (Å²) >= 11 is 4.42. The molecule has 0 radical (unpaired) electrons. The van der Waals surface area contributed by atoms with Gasteiger partial charge in [0, 0.05) is 32.7 Å². The van der Waals surface area contributed by atoms with Gasteiger partial charge in [-0.1, -0.05) is 27.2 Å². The lowest BCUT2D eigenvalue weighted by molar-refractivity contribution is -0.121. The highest BCUT2D eigenvalue weighted by molar-refractivity contribution is 7.80. The molecule has 10 nitrogen and oxygen atoms in total. The summed E-state index contributed by atoms with van der Waals surface area (Å²) in [7, 11) is 0. The van der Waals surface area contributed by atoms with Crippen LogP contribution >= 0.6 is 12.6 Å². The molecule has 0 atom stereocenters. The second-order valence-corrected chi connectivity index (χ2v) is 8.93. The molecule has 1 rings (SSSR count). The molecule has 0 saturated carbocycles. The van der Waals surface area contributed by atoms with E-state index in [1.807, 2.05) is 6.92 Å². The third-order valence-electron chi connectivity index (χ3n) is 4.71. The predicted octanol–water partition coefficient (Wildman–Crippen LogP) is 3.18. The fraction of sp³-hybridized carbons (Fsp3) is 0.920. The molecular formula is C25H52N2O8S. The number of carbonyl (C=O) groups excluding carboxylic acids is 2. The predicted molar refractivity (Wildman–Crippen MR) is 145 cm³/mol. The Bertz CT molecular complexity index is 515. The fourth-order valence-electron chi connectivity index (χ4n) is 2.89. The average molecular weight is 541 g/mol. The fourth-order valence-corrected chi connectivity index (χ4v) is 3.12. The number of hydrogen-bond acceptors (Lipinski definition) is 9. The third-order valence-corrected chi connectivity index (χ3v) is 5.23. The van der Waals surface area contributed by atoms with Gasteiger partial charge in [0.15, 0.2) is 0 Å². The van der Waals surface area contributed by atoms with Crippen molar-refractivity contribution in [3.05, 3.63) is 0 Å². The quantitative estimate of drug-likeness (QED) is 0.179. The molecule has 1 heterocycles. The van der Waals surface area contributed by atoms with Crippen LogP contribution in [-0.4, -0.2) is 114 Å². The first-order valence-electron chi connectivity index (χ1n) is 13.3. The second kappa shape index (κ2) is 26.9. The molecule has 0 spiro atoms. The number of nitrogens with zero attached hydrogens (tertiary/aromatic N) is 1. The van der Waals surface area contributed by atoms with Gasteiger partial charge in [0.2, 0.25) is 5.91 Å². The normalized spacial score (nSPS) is 13.7. The van der Waals surface area contributed by atoms with Crippen LogP contribution in [0.5, 0.6) is 0 Å². The maximum Gasteiger partial charge on any atom is 0.409 e. The van der Waals surface area contributed by atoms with Crippen LogP contribution in [0.4, 0.5) is 4.79 Å². The van der Waals surface area contributed by atoms with Gasteiger partial charge in [-0.15, -0.1) is 0 Å². The smallest absolute Gasteiger partial charge is 0.409 e. The van der Waals surface area contributed by atoms with Gasteiger partial charge >= 0.3 is 6.09 Å². The van der Waals surface area contributed by atoms with E-state index >= 15 is 0 Å². The van der Waals surface area contributed by atoms with Gasteiger partial charge in [0.1, 0.15) is 6.61 Å². The monoisotopic (exact) mass is 540 g/mol. The molecule has 1 aliphatic rings. The Morgan fingerprint density at radius 2 is 1.19 bits per heavy atom. The highest BCUT2D eigenvalue weighted by atomic mass is 32.1. The molecule has 0 aromatic carbocycles. The number of thiol groups is 1. The number of piperidine rings is 1. The number of ether oxygens (including phenoxy) is 6. The molecule has 11 heteroatoms. The summed E-state index contributed by atoms with van der Waals surface area (Å²) < 4.78 is 32.2. The van der Waals surface area contributed by atoms with Crippen LogP contribution < -0.4 is 5.32 Å². The van der Waals surface area contributed by atoms with Crippen LogP contribution in [-0.2, 0) is 33.2 Å². The highest BCUT2D eigenvalue weighted by Gasteiger charge is 2.21. The Morgan fingerprint density at radius 1 is 0.778 bits per heavy atom. The summed E-state index contributed by atoms with van der Waals surface area (Å²) in [5.74, 6) is 0.0599. The zero-order valence-corrected chi connectivity index (χ0v) is 23.6. The van der Waals surface area contributed by atoms with Gasteiger partial charge in [-0.05, 0) is 19.3 Å². The van der Waals surface area contributed by atoms with E-state index in [0.29, 0.717) is 97.4 Å². The van der Waals surface area contributed by atoms with Crippen LogP contribution in [0.25, 0.3) is 0 Å². The minimum atomic E-state index is -0.281. The van der Waals surface area contributed by atoms with Gasteiger partial charge < -0.3 is 38.6 Å². The molecule has 0 aromatic rings. The molecule has 2 amide bonds. The maximum atomic E-state index is 11.9. The number of carbonyl (C=O) groups is 2. The van der Waals surface area contributed by atoms with E-state index in [0.717, 1.165) is 19.3 Å². The molecule has 1 fully saturated rings. The molecule has 1 aliphatic heterocycles. The minimum Gasteiger partial charge on any atom is -0.447 e. The lowest BCUT2D eigenvalue weighted by atomic mass is 10.1. The molecule has 1 saturated heterocycles. The minimum absolute atomic E-state index is 0. The van der Waals surface area contributed by atoms with Gasteiger partial charge in [0.25, 0.3) is 0 Å². The molecule has 0 aliphatic carbocycles. The molecule has 216 valence electrons. The van der Waals surface area contributed by atoms with E-state index in [2.05, 4.69) is 31.8 Å². The van der Waals surface area contributed by atoms with Gasteiger partial charge in [-0.3, -0.25) is 4.79 Å². The average Bonchev–Trinajstić information content (AvgIpc) is 2.86. The van der Waals surface area contributed by atoms with Crippen molar-refractivity contribution >= 4 is 24.6 Å². The molecule has 0 unspecified atom stereocenters. The Labute approximate surface area is 224 Å². The first kappa shape index (κ1) is 34.9. The van der Waals surface area contributed by atoms with Crippen molar-refractivity contribution in [2.45, 2.75) is 58.1 Å². The Kier molecular flexibility index (Phi) is 26.1. The van der Waals surface area contributed by atoms with E-state index in [1.165, 1.54) is 6.42 Å². The van der Waals surface area contributed by atoms with Crippen molar-refractivity contribution in [1.82, 2.24) is 10.2 Å². The largest absolute Gasteiger partial charge is 0.447 e. The summed E-state index contributed by atoms with van der Waals surface area (Å²) in [6, 6.07) is 0. The van der Waals surface area contributed by atoms with E-state index in [4.69, 9.17) is 28.4 Å². The molecular weight excluding hydrogens is 488 g/mol. The van der Waals surface area contributed by atoms with Crippen molar-refractivity contribution in [2.75, 3.05) is 92.3 Å². The Hall–Kier alpha value is -1.11. The number of hydrogen-bond donors (Lipinski definition) is 2. The molecule has 0 aromatic heterocycles. The molecule has 36 heavy (non-hydrogen) atoms. The zero-order chi connectivity index (χ0) is 26.7. The van der Waals surface area contributed by atoms with Crippen molar-refractivity contribution < 1.29 is 39.4 Å². The zero-order valence-electron chi connectivity index (χ0n) is 22.7. The van der Waals surface area contributed by atoms with E-state index < -0.39 is 0 Å². The van der Waals surface area contributed by atoms with Crippen LogP contribution in [0.15, 0.2) is 0 Å². The Balaban J connectivity index is 0. The van der Waals surface area contributed by atoms with E-state index in [-0.39, 0.29) is 20.0 Å². The SMILES string of the molecule is CCC.CCCC(=O)NCCOCCOCCOCCOCCOCCOC(=O)N1CCC(S)CC1.[HH]. The van der Waals surface area contributed by atoms with Crippen LogP contribution in [0.3, 0.4) is 0 Å². The summed E-state index contributed by atoms with van der Waals surface area (Å²) in [4.78, 5) is 24.8. The summed E-state index contributed by atoms with van der Waals surface area (Å²) in [6.45, 7) is 13.0. The van der Waals surface area contributed by atoms with Crippen LogP contribution in [0.2, 0.25) is 0 Å². The van der Waals surface area contributed by atoms with Gasteiger partial charge in [0.05, 0.1) is 66.1 Å². The topological polar surface area (TPSA) is 105 Å². The standard InChI is InChI=1S/C22H42N2O8S.C3H8.H2/c1-2-3-21(25)23-6-9-27-10-11-28-12-13-29-14-15-30-16-17-31-18-19-32-22(26)24-7-4-20(33)5-8-24;1-3-2;/h20,33H,2-19H2,1H3,(H,23,25);3H2,1-2H3;1H. The maximum absolute atomic E-state index is 11.9. The van der Waals surface area contributed by atoms with Crippen molar-refractivity contribution in [1.29, 1.82) is 0 Å². The van der Waals surface area contributed by atoms with E-state index in [1.54, 1.807) is 4.90 Å². The van der Waals surface area contributed by atoms with Crippen molar-refractivity contribution in [2.24, 2.45) is 0 Å². The number of rotatable bonds is 20. The number of nitrogens with one attached hydrogen (secondary N) is 1.